The summed E-state index contributed by atoms with van der Waals surface area (Å²) in [5.41, 5.74) is 0. The molecule has 1 rings (SSSR count). The fourth-order valence-corrected chi connectivity index (χ4v) is 3.14. The molecule has 90 valence electrons. The third-order valence-corrected chi connectivity index (χ3v) is 3.94. The zero-order valence-corrected chi connectivity index (χ0v) is 10.0. The second-order valence-corrected chi connectivity index (χ2v) is 6.96. The van der Waals surface area contributed by atoms with Gasteiger partial charge in [-0.3, -0.25) is 0 Å². The topological polar surface area (TPSA) is 110 Å². The summed E-state index contributed by atoms with van der Waals surface area (Å²) in [6, 6.07) is -0.382. The van der Waals surface area contributed by atoms with Crippen LogP contribution in [0.4, 0.5) is 0 Å². The number of nitrogens with zero attached hydrogens (tertiary/aromatic N) is 1. The van der Waals surface area contributed by atoms with E-state index in [-0.39, 0.29) is 12.6 Å². The second kappa shape index (κ2) is 4.34. The van der Waals surface area contributed by atoms with Crippen LogP contribution in [0.2, 0.25) is 0 Å². The molecule has 15 heavy (non-hydrogen) atoms. The summed E-state index contributed by atoms with van der Waals surface area (Å²) in [5.74, 6) is 0. The van der Waals surface area contributed by atoms with Crippen molar-refractivity contribution >= 4 is 20.2 Å². The zero-order chi connectivity index (χ0) is 11.7. The van der Waals surface area contributed by atoms with E-state index in [0.717, 1.165) is 10.6 Å². The molecular weight excluding hydrogens is 242 g/mol. The van der Waals surface area contributed by atoms with Gasteiger partial charge in [0.15, 0.2) is 0 Å². The highest BCUT2D eigenvalue weighted by Gasteiger charge is 2.27. The maximum Gasteiger partial charge on any atom is 0.276 e. The van der Waals surface area contributed by atoms with E-state index in [1.165, 1.54) is 0 Å². The monoisotopic (exact) mass is 257 g/mol. The maximum absolute atomic E-state index is 11.0. The SMILES string of the molecule is CS(=O)(=O)NC1CCCN(S(N)(=O)=O)C1. The highest BCUT2D eigenvalue weighted by atomic mass is 32.2. The van der Waals surface area contributed by atoms with Crippen molar-refractivity contribution in [3.63, 3.8) is 0 Å². The lowest BCUT2D eigenvalue weighted by Gasteiger charge is -2.30. The number of hydrogen-bond acceptors (Lipinski definition) is 4. The van der Waals surface area contributed by atoms with Crippen LogP contribution >= 0.6 is 0 Å². The molecule has 0 aromatic rings. The largest absolute Gasteiger partial charge is 0.276 e. The molecule has 1 saturated heterocycles. The number of rotatable bonds is 3. The van der Waals surface area contributed by atoms with E-state index in [9.17, 15) is 16.8 Å². The van der Waals surface area contributed by atoms with E-state index < -0.39 is 20.2 Å². The summed E-state index contributed by atoms with van der Waals surface area (Å²) in [6.07, 6.45) is 2.27. The molecule has 0 amide bonds. The van der Waals surface area contributed by atoms with Crippen LogP contribution in [0, 0.1) is 0 Å². The van der Waals surface area contributed by atoms with Crippen LogP contribution in [0.1, 0.15) is 12.8 Å². The van der Waals surface area contributed by atoms with E-state index >= 15 is 0 Å². The Hall–Kier alpha value is -0.220. The van der Waals surface area contributed by atoms with Crippen molar-refractivity contribution in [2.45, 2.75) is 18.9 Å². The molecule has 1 atom stereocenters. The average Bonchev–Trinajstić information content (AvgIpc) is 1.99. The Kier molecular flexibility index (Phi) is 3.71. The Morgan fingerprint density at radius 3 is 2.40 bits per heavy atom. The molecule has 1 aliphatic heterocycles. The lowest BCUT2D eigenvalue weighted by atomic mass is 10.1. The Balaban J connectivity index is 2.65. The van der Waals surface area contributed by atoms with Crippen LogP contribution in [0.5, 0.6) is 0 Å². The van der Waals surface area contributed by atoms with Gasteiger partial charge < -0.3 is 0 Å². The Morgan fingerprint density at radius 1 is 1.33 bits per heavy atom. The number of nitrogens with one attached hydrogen (secondary N) is 1. The first-order chi connectivity index (χ1) is 6.68. The maximum atomic E-state index is 11.0. The molecule has 7 nitrogen and oxygen atoms in total. The van der Waals surface area contributed by atoms with E-state index in [2.05, 4.69) is 4.72 Å². The molecule has 3 N–H and O–H groups in total. The van der Waals surface area contributed by atoms with Gasteiger partial charge in [-0.25, -0.2) is 18.3 Å². The molecule has 0 spiro atoms. The quantitative estimate of drug-likeness (QED) is 0.621. The molecule has 1 heterocycles. The second-order valence-electron chi connectivity index (χ2n) is 3.63. The van der Waals surface area contributed by atoms with Gasteiger partial charge in [0, 0.05) is 19.1 Å². The Bertz CT molecular complexity index is 416. The van der Waals surface area contributed by atoms with Crippen molar-refractivity contribution in [2.75, 3.05) is 19.3 Å². The van der Waals surface area contributed by atoms with Crippen molar-refractivity contribution in [1.82, 2.24) is 9.03 Å². The molecule has 0 aromatic heterocycles. The minimum atomic E-state index is -3.72. The number of nitrogens with two attached hydrogens (primary N) is 1. The molecule has 1 unspecified atom stereocenters. The molecule has 0 aromatic carbocycles. The van der Waals surface area contributed by atoms with Gasteiger partial charge in [-0.2, -0.15) is 12.7 Å². The van der Waals surface area contributed by atoms with Crippen LogP contribution < -0.4 is 9.86 Å². The molecule has 0 saturated carbocycles. The van der Waals surface area contributed by atoms with Gasteiger partial charge in [0.05, 0.1) is 6.26 Å². The normalized spacial score (nSPS) is 25.3. The van der Waals surface area contributed by atoms with Crippen LogP contribution in [0.25, 0.3) is 0 Å². The van der Waals surface area contributed by atoms with Gasteiger partial charge in [0.25, 0.3) is 10.2 Å². The Morgan fingerprint density at radius 2 is 1.93 bits per heavy atom. The molecule has 1 aliphatic rings. The van der Waals surface area contributed by atoms with Crippen molar-refractivity contribution in [1.29, 1.82) is 0 Å². The van der Waals surface area contributed by atoms with Gasteiger partial charge in [0.2, 0.25) is 10.0 Å². The summed E-state index contributed by atoms with van der Waals surface area (Å²) in [5, 5.41) is 4.96. The summed E-state index contributed by atoms with van der Waals surface area (Å²) < 4.78 is 47.4. The first kappa shape index (κ1) is 12.8. The predicted molar refractivity (Wildman–Crippen MR) is 55.7 cm³/mol. The smallest absolute Gasteiger partial charge is 0.216 e. The first-order valence-corrected chi connectivity index (χ1v) is 7.83. The van der Waals surface area contributed by atoms with Crippen molar-refractivity contribution in [3.05, 3.63) is 0 Å². The summed E-state index contributed by atoms with van der Waals surface area (Å²) in [7, 11) is -7.02. The van der Waals surface area contributed by atoms with Crippen LogP contribution in [-0.4, -0.2) is 46.5 Å². The standard InChI is InChI=1S/C6H15N3O4S2/c1-14(10,11)8-6-3-2-4-9(5-6)15(7,12)13/h6,8H,2-5H2,1H3,(H2,7,12,13). The first-order valence-electron chi connectivity index (χ1n) is 4.43. The zero-order valence-electron chi connectivity index (χ0n) is 8.38. The summed E-state index contributed by atoms with van der Waals surface area (Å²) >= 11 is 0. The molecule has 1 fully saturated rings. The molecule has 0 radical (unpaired) electrons. The van der Waals surface area contributed by atoms with Crippen LogP contribution in [-0.2, 0) is 20.2 Å². The minimum Gasteiger partial charge on any atom is -0.216 e. The molecule has 0 aliphatic carbocycles. The van der Waals surface area contributed by atoms with Gasteiger partial charge >= 0.3 is 0 Å². The summed E-state index contributed by atoms with van der Waals surface area (Å²) in [6.45, 7) is 0.451. The van der Waals surface area contributed by atoms with Crippen molar-refractivity contribution in [2.24, 2.45) is 5.14 Å². The van der Waals surface area contributed by atoms with E-state index in [0.29, 0.717) is 19.4 Å². The number of hydrogen-bond donors (Lipinski definition) is 2. The van der Waals surface area contributed by atoms with Gasteiger partial charge in [-0.1, -0.05) is 0 Å². The van der Waals surface area contributed by atoms with Crippen molar-refractivity contribution in [3.8, 4) is 0 Å². The highest BCUT2D eigenvalue weighted by molar-refractivity contribution is 7.88. The highest BCUT2D eigenvalue weighted by Crippen LogP contribution is 2.12. The minimum absolute atomic E-state index is 0.103. The number of piperidine rings is 1. The summed E-state index contributed by atoms with van der Waals surface area (Å²) in [4.78, 5) is 0. The van der Waals surface area contributed by atoms with Crippen LogP contribution in [0.15, 0.2) is 0 Å². The number of sulfonamides is 1. The predicted octanol–water partition coefficient (Wildman–Crippen LogP) is -1.80. The lowest BCUT2D eigenvalue weighted by molar-refractivity contribution is 0.304. The van der Waals surface area contributed by atoms with E-state index in [1.807, 2.05) is 0 Å². The molecular formula is C6H15N3O4S2. The average molecular weight is 257 g/mol. The third kappa shape index (κ3) is 4.43. The van der Waals surface area contributed by atoms with Gasteiger partial charge in [-0.15, -0.1) is 0 Å². The fourth-order valence-electron chi connectivity index (χ4n) is 1.57. The van der Waals surface area contributed by atoms with Crippen molar-refractivity contribution < 1.29 is 16.8 Å². The molecule has 0 bridgehead atoms. The third-order valence-electron chi connectivity index (χ3n) is 2.12. The van der Waals surface area contributed by atoms with Gasteiger partial charge in [0.1, 0.15) is 0 Å². The molecule has 9 heteroatoms. The van der Waals surface area contributed by atoms with Crippen LogP contribution in [0.3, 0.4) is 0 Å². The van der Waals surface area contributed by atoms with E-state index in [1.54, 1.807) is 0 Å². The van der Waals surface area contributed by atoms with E-state index in [4.69, 9.17) is 5.14 Å². The van der Waals surface area contributed by atoms with Gasteiger partial charge in [-0.05, 0) is 12.8 Å². The fraction of sp³-hybridized carbons (Fsp3) is 1.00. The lowest BCUT2D eigenvalue weighted by Crippen LogP contribution is -2.51. The Labute approximate surface area is 89.9 Å².